The average Bonchev–Trinajstić information content (AvgIpc) is 3.17. The van der Waals surface area contributed by atoms with Gasteiger partial charge in [0.2, 0.25) is 17.6 Å². The summed E-state index contributed by atoms with van der Waals surface area (Å²) >= 11 is 0. The number of nitrogens with two attached hydrogens (primary N) is 1. The Morgan fingerprint density at radius 2 is 1.86 bits per heavy atom. The van der Waals surface area contributed by atoms with Crippen LogP contribution in [0.15, 0.2) is 53.1 Å². The summed E-state index contributed by atoms with van der Waals surface area (Å²) < 4.78 is 23.5. The Balaban J connectivity index is 0.00000300. The van der Waals surface area contributed by atoms with Gasteiger partial charge in [-0.15, -0.1) is 12.4 Å². The molecule has 3 aromatic rings. The molecule has 7 nitrogen and oxygen atoms in total. The molecule has 9 heteroatoms. The largest absolute Gasteiger partial charge is 0.492 e. The lowest BCUT2D eigenvalue weighted by atomic mass is 10.2. The van der Waals surface area contributed by atoms with Crippen LogP contribution in [0.5, 0.6) is 5.75 Å². The number of nitrogens with zero attached hydrogens (tertiary/aromatic N) is 2. The first-order chi connectivity index (χ1) is 13.6. The van der Waals surface area contributed by atoms with E-state index >= 15 is 0 Å². The SMILES string of the molecule is Cl.NCCOc1ccc(NC(=O)CCCc2nc(-c3ccc(F)cc3)no2)cc1. The second-order valence-corrected chi connectivity index (χ2v) is 6.08. The number of carbonyl (C=O) groups is 1. The normalized spacial score (nSPS) is 10.3. The van der Waals surface area contributed by atoms with Crippen molar-refractivity contribution in [3.8, 4) is 17.1 Å². The van der Waals surface area contributed by atoms with Gasteiger partial charge in [-0.25, -0.2) is 4.39 Å². The zero-order chi connectivity index (χ0) is 19.8. The summed E-state index contributed by atoms with van der Waals surface area (Å²) in [7, 11) is 0. The molecule has 0 radical (unpaired) electrons. The molecule has 0 atom stereocenters. The van der Waals surface area contributed by atoms with E-state index in [0.717, 1.165) is 0 Å². The van der Waals surface area contributed by atoms with Crippen LogP contribution in [0.3, 0.4) is 0 Å². The predicted molar refractivity (Wildman–Crippen MR) is 109 cm³/mol. The molecule has 1 amide bonds. The third kappa shape index (κ3) is 6.85. The van der Waals surface area contributed by atoms with Crippen molar-refractivity contribution in [3.63, 3.8) is 0 Å². The van der Waals surface area contributed by atoms with Crippen molar-refractivity contribution >= 4 is 24.0 Å². The van der Waals surface area contributed by atoms with Crippen LogP contribution in [0.4, 0.5) is 10.1 Å². The van der Waals surface area contributed by atoms with Gasteiger partial charge in [0.05, 0.1) is 0 Å². The van der Waals surface area contributed by atoms with Crippen LogP contribution < -0.4 is 15.8 Å². The van der Waals surface area contributed by atoms with Gasteiger partial charge in [0.1, 0.15) is 18.2 Å². The first kappa shape index (κ1) is 22.3. The summed E-state index contributed by atoms with van der Waals surface area (Å²) in [6.07, 6.45) is 1.36. The summed E-state index contributed by atoms with van der Waals surface area (Å²) in [5.74, 6) is 1.12. The molecule has 0 aliphatic carbocycles. The molecule has 0 unspecified atom stereocenters. The molecular formula is C20H22ClFN4O3. The monoisotopic (exact) mass is 420 g/mol. The molecule has 154 valence electrons. The van der Waals surface area contributed by atoms with Crippen LogP contribution in [-0.2, 0) is 11.2 Å². The van der Waals surface area contributed by atoms with Crippen molar-refractivity contribution in [2.75, 3.05) is 18.5 Å². The Hall–Kier alpha value is -2.97. The number of aryl methyl sites for hydroxylation is 1. The molecule has 0 aliphatic rings. The number of halogens is 2. The summed E-state index contributed by atoms with van der Waals surface area (Å²) in [5.41, 5.74) is 6.76. The minimum Gasteiger partial charge on any atom is -0.492 e. The van der Waals surface area contributed by atoms with Gasteiger partial charge in [0.25, 0.3) is 0 Å². The lowest BCUT2D eigenvalue weighted by Crippen LogP contribution is -2.12. The van der Waals surface area contributed by atoms with Crippen molar-refractivity contribution in [1.82, 2.24) is 10.1 Å². The lowest BCUT2D eigenvalue weighted by molar-refractivity contribution is -0.116. The summed E-state index contributed by atoms with van der Waals surface area (Å²) in [6.45, 7) is 0.897. The molecule has 0 fully saturated rings. The van der Waals surface area contributed by atoms with E-state index in [2.05, 4.69) is 15.5 Å². The molecule has 0 saturated carbocycles. The lowest BCUT2D eigenvalue weighted by Gasteiger charge is -2.07. The van der Waals surface area contributed by atoms with E-state index in [1.807, 2.05) is 0 Å². The third-order valence-corrected chi connectivity index (χ3v) is 3.89. The van der Waals surface area contributed by atoms with Crippen LogP contribution in [0, 0.1) is 5.82 Å². The number of ether oxygens (including phenoxy) is 1. The highest BCUT2D eigenvalue weighted by atomic mass is 35.5. The van der Waals surface area contributed by atoms with Crippen LogP contribution in [0.1, 0.15) is 18.7 Å². The standard InChI is InChI=1S/C20H21FN4O3.ClH/c21-15-6-4-14(5-7-15)20-24-19(28-25-20)3-1-2-18(26)23-16-8-10-17(11-9-16)27-13-12-22;/h4-11H,1-3,12-13,22H2,(H,23,26);1H. The summed E-state index contributed by atoms with van der Waals surface area (Å²) in [6, 6.07) is 13.0. The topological polar surface area (TPSA) is 103 Å². The summed E-state index contributed by atoms with van der Waals surface area (Å²) in [5, 5.41) is 6.71. The molecule has 0 saturated heterocycles. The van der Waals surface area contributed by atoms with Crippen molar-refractivity contribution in [3.05, 3.63) is 60.2 Å². The van der Waals surface area contributed by atoms with Gasteiger partial charge in [-0.1, -0.05) is 5.16 Å². The second kappa shape index (κ2) is 11.1. The molecule has 3 rings (SSSR count). The molecule has 2 aromatic carbocycles. The van der Waals surface area contributed by atoms with Crippen LogP contribution >= 0.6 is 12.4 Å². The van der Waals surface area contributed by atoms with Gasteiger partial charge in [0.15, 0.2) is 0 Å². The smallest absolute Gasteiger partial charge is 0.226 e. The first-order valence-electron chi connectivity index (χ1n) is 8.95. The van der Waals surface area contributed by atoms with E-state index < -0.39 is 0 Å². The number of benzene rings is 2. The fourth-order valence-corrected chi connectivity index (χ4v) is 2.51. The van der Waals surface area contributed by atoms with Crippen LogP contribution in [-0.4, -0.2) is 29.2 Å². The second-order valence-electron chi connectivity index (χ2n) is 6.08. The minimum absolute atomic E-state index is 0. The average molecular weight is 421 g/mol. The highest BCUT2D eigenvalue weighted by Crippen LogP contribution is 2.18. The number of aromatic nitrogens is 2. The van der Waals surface area contributed by atoms with Crippen molar-refractivity contribution in [2.45, 2.75) is 19.3 Å². The van der Waals surface area contributed by atoms with Gasteiger partial charge in [-0.3, -0.25) is 4.79 Å². The fraction of sp³-hybridized carbons (Fsp3) is 0.250. The van der Waals surface area contributed by atoms with Gasteiger partial charge in [-0.05, 0) is 55.0 Å². The molecule has 0 aliphatic heterocycles. The van der Waals surface area contributed by atoms with E-state index in [0.29, 0.717) is 61.1 Å². The fourth-order valence-electron chi connectivity index (χ4n) is 2.51. The molecule has 0 spiro atoms. The Kier molecular flexibility index (Phi) is 8.57. The van der Waals surface area contributed by atoms with E-state index in [4.69, 9.17) is 15.0 Å². The van der Waals surface area contributed by atoms with Gasteiger partial charge in [0, 0.05) is 30.6 Å². The zero-order valence-corrected chi connectivity index (χ0v) is 16.5. The quantitative estimate of drug-likeness (QED) is 0.548. The molecule has 29 heavy (non-hydrogen) atoms. The first-order valence-corrected chi connectivity index (χ1v) is 8.95. The molecule has 1 heterocycles. The van der Waals surface area contributed by atoms with Crippen LogP contribution in [0.25, 0.3) is 11.4 Å². The van der Waals surface area contributed by atoms with Gasteiger partial charge in [-0.2, -0.15) is 4.98 Å². The number of carbonyl (C=O) groups excluding carboxylic acids is 1. The molecule has 3 N–H and O–H groups in total. The Morgan fingerprint density at radius 3 is 2.55 bits per heavy atom. The number of hydrogen-bond acceptors (Lipinski definition) is 6. The number of amides is 1. The Bertz CT molecular complexity index is 901. The number of hydrogen-bond donors (Lipinski definition) is 2. The minimum atomic E-state index is -0.323. The maximum atomic E-state index is 13.0. The number of nitrogens with one attached hydrogen (secondary N) is 1. The maximum absolute atomic E-state index is 13.0. The highest BCUT2D eigenvalue weighted by Gasteiger charge is 2.10. The number of anilines is 1. The van der Waals surface area contributed by atoms with Gasteiger partial charge < -0.3 is 20.3 Å². The van der Waals surface area contributed by atoms with E-state index in [1.165, 1.54) is 12.1 Å². The third-order valence-electron chi connectivity index (χ3n) is 3.89. The van der Waals surface area contributed by atoms with Crippen molar-refractivity contribution < 1.29 is 18.4 Å². The molecule has 0 bridgehead atoms. The number of rotatable bonds is 9. The zero-order valence-electron chi connectivity index (χ0n) is 15.6. The highest BCUT2D eigenvalue weighted by molar-refractivity contribution is 5.90. The summed E-state index contributed by atoms with van der Waals surface area (Å²) in [4.78, 5) is 16.3. The van der Waals surface area contributed by atoms with Crippen molar-refractivity contribution in [2.24, 2.45) is 5.73 Å². The van der Waals surface area contributed by atoms with Crippen molar-refractivity contribution in [1.29, 1.82) is 0 Å². The molecule has 1 aromatic heterocycles. The predicted octanol–water partition coefficient (Wildman–Crippen LogP) is 3.60. The van der Waals surface area contributed by atoms with E-state index in [1.54, 1.807) is 36.4 Å². The van der Waals surface area contributed by atoms with E-state index in [9.17, 15) is 9.18 Å². The molecular weight excluding hydrogens is 399 g/mol. The Labute approximate surface area is 173 Å². The van der Waals surface area contributed by atoms with Gasteiger partial charge >= 0.3 is 0 Å². The van der Waals surface area contributed by atoms with E-state index in [-0.39, 0.29) is 24.1 Å². The van der Waals surface area contributed by atoms with Crippen LogP contribution in [0.2, 0.25) is 0 Å². The Morgan fingerprint density at radius 1 is 1.14 bits per heavy atom. The maximum Gasteiger partial charge on any atom is 0.226 e.